The third-order valence-corrected chi connectivity index (χ3v) is 9.90. The summed E-state index contributed by atoms with van der Waals surface area (Å²) in [5.74, 6) is -0.701. The maximum Gasteiger partial charge on any atom is 0.264 e. The van der Waals surface area contributed by atoms with E-state index < -0.39 is 28.5 Å². The standard InChI is InChI=1S/C31H35Cl2N3O4S/c1-2-29(31(38)34-24-13-9-10-14-24)35(20-19-23-11-5-3-6-12-23)30(37)22-36(25-17-18-27(32)28(33)21-25)41(39,40)26-15-7-4-8-16-26/h3-8,11-12,15-18,21,24,29H,2,9-10,13-14,19-20,22H2,1H3,(H,34,38)/t29-/m0/s1. The Balaban J connectivity index is 1.68. The fourth-order valence-electron chi connectivity index (χ4n) is 5.15. The molecule has 0 aliphatic heterocycles. The average Bonchev–Trinajstić information content (AvgIpc) is 3.49. The first-order valence-electron chi connectivity index (χ1n) is 13.9. The number of halogens is 2. The third-order valence-electron chi connectivity index (χ3n) is 7.37. The molecular weight excluding hydrogens is 581 g/mol. The van der Waals surface area contributed by atoms with Gasteiger partial charge in [-0.3, -0.25) is 13.9 Å². The zero-order chi connectivity index (χ0) is 29.4. The molecule has 10 heteroatoms. The summed E-state index contributed by atoms with van der Waals surface area (Å²) in [6, 6.07) is 21.4. The van der Waals surface area contributed by atoms with E-state index in [1.54, 1.807) is 18.2 Å². The van der Waals surface area contributed by atoms with Gasteiger partial charge in [0.25, 0.3) is 10.0 Å². The van der Waals surface area contributed by atoms with Crippen LogP contribution in [0.25, 0.3) is 0 Å². The molecule has 0 spiro atoms. The van der Waals surface area contributed by atoms with Crippen molar-refractivity contribution in [2.24, 2.45) is 0 Å². The normalized spacial score (nSPS) is 14.4. The van der Waals surface area contributed by atoms with Crippen LogP contribution < -0.4 is 9.62 Å². The Morgan fingerprint density at radius 1 is 0.927 bits per heavy atom. The lowest BCUT2D eigenvalue weighted by atomic mass is 10.1. The molecule has 1 saturated carbocycles. The SMILES string of the molecule is CC[C@@H](C(=O)NC1CCCC1)N(CCc1ccccc1)C(=O)CN(c1ccc(Cl)c(Cl)c1)S(=O)(=O)c1ccccc1. The van der Waals surface area contributed by atoms with Gasteiger partial charge in [-0.25, -0.2) is 8.42 Å². The van der Waals surface area contributed by atoms with Crippen molar-refractivity contribution in [3.05, 3.63) is 94.5 Å². The zero-order valence-corrected chi connectivity index (χ0v) is 25.3. The molecular formula is C31H35Cl2N3O4S. The highest BCUT2D eigenvalue weighted by Gasteiger charge is 2.34. The summed E-state index contributed by atoms with van der Waals surface area (Å²) in [6.45, 7) is 1.59. The number of sulfonamides is 1. The lowest BCUT2D eigenvalue weighted by Crippen LogP contribution is -2.54. The number of nitrogens with one attached hydrogen (secondary N) is 1. The fraction of sp³-hybridized carbons (Fsp3) is 0.355. The average molecular weight is 617 g/mol. The summed E-state index contributed by atoms with van der Waals surface area (Å²) in [5.41, 5.74) is 1.21. The highest BCUT2D eigenvalue weighted by atomic mass is 35.5. The highest BCUT2D eigenvalue weighted by molar-refractivity contribution is 7.92. The number of carbonyl (C=O) groups is 2. The van der Waals surface area contributed by atoms with Gasteiger partial charge in [-0.2, -0.15) is 0 Å². The smallest absolute Gasteiger partial charge is 0.264 e. The Kier molecular flexibility index (Phi) is 10.7. The second-order valence-electron chi connectivity index (χ2n) is 10.2. The monoisotopic (exact) mass is 615 g/mol. The topological polar surface area (TPSA) is 86.8 Å². The van der Waals surface area contributed by atoms with Gasteiger partial charge in [0.2, 0.25) is 11.8 Å². The van der Waals surface area contributed by atoms with Crippen LogP contribution in [-0.2, 0) is 26.0 Å². The van der Waals surface area contributed by atoms with E-state index in [4.69, 9.17) is 23.2 Å². The second-order valence-corrected chi connectivity index (χ2v) is 12.8. The van der Waals surface area contributed by atoms with Gasteiger partial charge in [0.1, 0.15) is 12.6 Å². The second kappa shape index (κ2) is 14.2. The van der Waals surface area contributed by atoms with Gasteiger partial charge in [-0.1, -0.05) is 91.5 Å². The van der Waals surface area contributed by atoms with E-state index in [2.05, 4.69) is 5.32 Å². The number of hydrogen-bond acceptors (Lipinski definition) is 4. The first-order chi connectivity index (χ1) is 19.7. The molecule has 4 rings (SSSR count). The Morgan fingerprint density at radius 2 is 1.56 bits per heavy atom. The summed E-state index contributed by atoms with van der Waals surface area (Å²) in [5, 5.41) is 3.54. The maximum atomic E-state index is 14.1. The number of nitrogens with zero attached hydrogens (tertiary/aromatic N) is 2. The van der Waals surface area contributed by atoms with Crippen LogP contribution in [-0.4, -0.2) is 50.3 Å². The van der Waals surface area contributed by atoms with E-state index in [1.807, 2.05) is 37.3 Å². The minimum atomic E-state index is -4.17. The van der Waals surface area contributed by atoms with Crippen molar-refractivity contribution in [1.29, 1.82) is 0 Å². The van der Waals surface area contributed by atoms with Crippen molar-refractivity contribution in [3.63, 3.8) is 0 Å². The summed E-state index contributed by atoms with van der Waals surface area (Å²) in [6.07, 6.45) is 4.86. The number of benzene rings is 3. The number of hydrogen-bond donors (Lipinski definition) is 1. The molecule has 0 aromatic heterocycles. The number of anilines is 1. The van der Waals surface area contributed by atoms with Crippen LogP contribution in [0, 0.1) is 0 Å². The molecule has 41 heavy (non-hydrogen) atoms. The summed E-state index contributed by atoms with van der Waals surface area (Å²) >= 11 is 12.4. The summed E-state index contributed by atoms with van der Waals surface area (Å²) in [7, 11) is -4.17. The van der Waals surface area contributed by atoms with Crippen molar-refractivity contribution in [2.45, 2.75) is 62.4 Å². The lowest BCUT2D eigenvalue weighted by molar-refractivity contribution is -0.139. The number of rotatable bonds is 12. The molecule has 7 nitrogen and oxygen atoms in total. The van der Waals surface area contributed by atoms with Gasteiger partial charge in [0.05, 0.1) is 20.6 Å². The van der Waals surface area contributed by atoms with Crippen molar-refractivity contribution in [2.75, 3.05) is 17.4 Å². The molecule has 3 aromatic rings. The van der Waals surface area contributed by atoms with Crippen LogP contribution in [0.5, 0.6) is 0 Å². The molecule has 0 unspecified atom stereocenters. The van der Waals surface area contributed by atoms with E-state index in [1.165, 1.54) is 35.2 Å². The Bertz CT molecular complexity index is 1430. The third kappa shape index (κ3) is 7.82. The van der Waals surface area contributed by atoms with E-state index >= 15 is 0 Å². The van der Waals surface area contributed by atoms with Gasteiger partial charge in [-0.15, -0.1) is 0 Å². The molecule has 0 heterocycles. The molecule has 1 aliphatic carbocycles. The minimum absolute atomic E-state index is 0.0284. The van der Waals surface area contributed by atoms with Gasteiger partial charge < -0.3 is 10.2 Å². The van der Waals surface area contributed by atoms with E-state index in [0.717, 1.165) is 35.6 Å². The zero-order valence-electron chi connectivity index (χ0n) is 23.0. The fourth-order valence-corrected chi connectivity index (χ4v) is 6.87. The molecule has 0 bridgehead atoms. The van der Waals surface area contributed by atoms with E-state index in [-0.39, 0.29) is 39.1 Å². The lowest BCUT2D eigenvalue weighted by Gasteiger charge is -2.33. The number of carbonyl (C=O) groups excluding carboxylic acids is 2. The summed E-state index contributed by atoms with van der Waals surface area (Å²) < 4.78 is 28.8. The van der Waals surface area contributed by atoms with Crippen LogP contribution in [0.3, 0.4) is 0 Å². The maximum absolute atomic E-state index is 14.1. The molecule has 3 aromatic carbocycles. The summed E-state index contributed by atoms with van der Waals surface area (Å²) in [4.78, 5) is 29.1. The molecule has 0 saturated heterocycles. The van der Waals surface area contributed by atoms with E-state index in [9.17, 15) is 18.0 Å². The van der Waals surface area contributed by atoms with Crippen LogP contribution >= 0.6 is 23.2 Å². The molecule has 218 valence electrons. The van der Waals surface area contributed by atoms with E-state index in [0.29, 0.717) is 12.8 Å². The Hall–Kier alpha value is -3.07. The first kappa shape index (κ1) is 30.9. The number of amides is 2. The predicted molar refractivity (Wildman–Crippen MR) is 164 cm³/mol. The van der Waals surface area contributed by atoms with Crippen LogP contribution in [0.2, 0.25) is 10.0 Å². The van der Waals surface area contributed by atoms with Crippen LogP contribution in [0.1, 0.15) is 44.6 Å². The molecule has 1 atom stereocenters. The van der Waals surface area contributed by atoms with Crippen molar-refractivity contribution in [3.8, 4) is 0 Å². The molecule has 2 amide bonds. The first-order valence-corrected chi connectivity index (χ1v) is 16.1. The Labute approximate surface area is 252 Å². The highest BCUT2D eigenvalue weighted by Crippen LogP contribution is 2.31. The van der Waals surface area contributed by atoms with Gasteiger partial charge in [-0.05, 0) is 61.6 Å². The van der Waals surface area contributed by atoms with Crippen LogP contribution in [0.15, 0.2) is 83.8 Å². The van der Waals surface area contributed by atoms with Crippen molar-refractivity contribution in [1.82, 2.24) is 10.2 Å². The molecule has 1 aliphatic rings. The predicted octanol–water partition coefficient (Wildman–Crippen LogP) is 6.10. The van der Waals surface area contributed by atoms with Crippen molar-refractivity contribution < 1.29 is 18.0 Å². The van der Waals surface area contributed by atoms with Crippen molar-refractivity contribution >= 4 is 50.7 Å². The van der Waals surface area contributed by atoms with Gasteiger partial charge in [0, 0.05) is 12.6 Å². The van der Waals surface area contributed by atoms with Gasteiger partial charge in [0.15, 0.2) is 0 Å². The molecule has 0 radical (unpaired) electrons. The largest absolute Gasteiger partial charge is 0.352 e. The minimum Gasteiger partial charge on any atom is -0.352 e. The Morgan fingerprint density at radius 3 is 2.17 bits per heavy atom. The quantitative estimate of drug-likeness (QED) is 0.267. The van der Waals surface area contributed by atoms with Gasteiger partial charge >= 0.3 is 0 Å². The van der Waals surface area contributed by atoms with Crippen LogP contribution in [0.4, 0.5) is 5.69 Å². The molecule has 1 fully saturated rings. The molecule has 1 N–H and O–H groups in total.